The van der Waals surface area contributed by atoms with Crippen molar-refractivity contribution in [3.8, 4) is 0 Å². The Bertz CT molecular complexity index is 613. The van der Waals surface area contributed by atoms with Gasteiger partial charge in [0.1, 0.15) is 0 Å². The number of alkyl halides is 3. The van der Waals surface area contributed by atoms with Crippen LogP contribution in [0.3, 0.4) is 0 Å². The lowest BCUT2D eigenvalue weighted by Gasteiger charge is -2.24. The molecule has 1 N–H and O–H groups in total. The zero-order chi connectivity index (χ0) is 16.5. The summed E-state index contributed by atoms with van der Waals surface area (Å²) in [5, 5.41) is 9.76. The molecule has 1 fully saturated rings. The third-order valence-corrected chi connectivity index (χ3v) is 5.72. The summed E-state index contributed by atoms with van der Waals surface area (Å²) >= 11 is 0. The lowest BCUT2D eigenvalue weighted by atomic mass is 10.0. The summed E-state index contributed by atoms with van der Waals surface area (Å²) in [6.45, 7) is 1.71. The van der Waals surface area contributed by atoms with Gasteiger partial charge in [0.15, 0.2) is 0 Å². The van der Waals surface area contributed by atoms with Crippen molar-refractivity contribution in [1.29, 1.82) is 0 Å². The van der Waals surface area contributed by atoms with Gasteiger partial charge in [-0.3, -0.25) is 0 Å². The number of halogens is 3. The first-order valence-corrected chi connectivity index (χ1v) is 8.61. The number of rotatable bonds is 4. The highest BCUT2D eigenvalue weighted by Crippen LogP contribution is 2.36. The van der Waals surface area contributed by atoms with Crippen molar-refractivity contribution in [3.63, 3.8) is 0 Å². The molecule has 0 bridgehead atoms. The summed E-state index contributed by atoms with van der Waals surface area (Å²) in [5.41, 5.74) is -0.318. The normalized spacial score (nSPS) is 23.9. The van der Waals surface area contributed by atoms with E-state index in [2.05, 4.69) is 0 Å². The monoisotopic (exact) mass is 337 g/mol. The lowest BCUT2D eigenvalue weighted by Crippen LogP contribution is -2.33. The minimum atomic E-state index is -4.43. The summed E-state index contributed by atoms with van der Waals surface area (Å²) < 4.78 is 63.4. The molecule has 8 heteroatoms. The molecule has 0 aromatic heterocycles. The van der Waals surface area contributed by atoms with Gasteiger partial charge in [-0.25, -0.2) is 8.42 Å². The Morgan fingerprint density at radius 3 is 2.36 bits per heavy atom. The predicted octanol–water partition coefficient (Wildman–Crippen LogP) is 2.55. The molecule has 4 nitrogen and oxygen atoms in total. The maximum Gasteiger partial charge on any atom is 0.416 e. The minimum absolute atomic E-state index is 0.0198. The number of nitrogens with zero attached hydrogens (tertiary/aromatic N) is 1. The molecule has 0 aliphatic carbocycles. The standard InChI is InChI=1S/C14H18F3NO3S/c1-2-7-22(20,21)18-9-12(19)8-13(18)10-3-5-11(6-4-10)14(15,16)17/h3-6,12-13,19H,2,7-9H2,1H3. The van der Waals surface area contributed by atoms with Crippen LogP contribution >= 0.6 is 0 Å². The van der Waals surface area contributed by atoms with Crippen LogP contribution in [0.2, 0.25) is 0 Å². The Labute approximate surface area is 127 Å². The second-order valence-corrected chi connectivity index (χ2v) is 7.45. The molecule has 1 saturated heterocycles. The first-order valence-electron chi connectivity index (χ1n) is 7.00. The fourth-order valence-electron chi connectivity index (χ4n) is 2.66. The smallest absolute Gasteiger partial charge is 0.392 e. The number of aliphatic hydroxyl groups is 1. The average molecular weight is 337 g/mol. The highest BCUT2D eigenvalue weighted by atomic mass is 32.2. The molecule has 1 aromatic carbocycles. The van der Waals surface area contributed by atoms with E-state index in [1.807, 2.05) is 0 Å². The zero-order valence-corrected chi connectivity index (χ0v) is 12.9. The second kappa shape index (κ2) is 6.17. The van der Waals surface area contributed by atoms with Crippen LogP contribution in [0.15, 0.2) is 24.3 Å². The lowest BCUT2D eigenvalue weighted by molar-refractivity contribution is -0.137. The van der Waals surface area contributed by atoms with Gasteiger partial charge in [-0.15, -0.1) is 0 Å². The molecule has 22 heavy (non-hydrogen) atoms. The van der Waals surface area contributed by atoms with Crippen LogP contribution in [0.1, 0.15) is 36.9 Å². The molecule has 1 aliphatic rings. The van der Waals surface area contributed by atoms with Gasteiger partial charge in [0.25, 0.3) is 0 Å². The molecule has 2 unspecified atom stereocenters. The molecule has 0 amide bonds. The third-order valence-electron chi connectivity index (χ3n) is 3.68. The third kappa shape index (κ3) is 3.61. The Balaban J connectivity index is 2.29. The number of aliphatic hydroxyl groups excluding tert-OH is 1. The summed E-state index contributed by atoms with van der Waals surface area (Å²) in [6.07, 6.45) is -4.61. The first kappa shape index (κ1) is 17.2. The van der Waals surface area contributed by atoms with Crippen LogP contribution in [-0.4, -0.2) is 36.2 Å². The Hall–Kier alpha value is -1.12. The van der Waals surface area contributed by atoms with E-state index in [9.17, 15) is 26.7 Å². The van der Waals surface area contributed by atoms with E-state index in [0.29, 0.717) is 12.0 Å². The molecule has 0 spiro atoms. The van der Waals surface area contributed by atoms with Crippen molar-refractivity contribution >= 4 is 10.0 Å². The SMILES string of the molecule is CCCS(=O)(=O)N1CC(O)CC1c1ccc(C(F)(F)F)cc1. The van der Waals surface area contributed by atoms with Gasteiger partial charge in [-0.2, -0.15) is 17.5 Å². The second-order valence-electron chi connectivity index (χ2n) is 5.41. The van der Waals surface area contributed by atoms with Crippen molar-refractivity contribution < 1.29 is 26.7 Å². The van der Waals surface area contributed by atoms with Gasteiger partial charge in [0, 0.05) is 6.54 Å². The molecule has 1 aromatic rings. The van der Waals surface area contributed by atoms with E-state index in [4.69, 9.17) is 0 Å². The Morgan fingerprint density at radius 2 is 1.86 bits per heavy atom. The van der Waals surface area contributed by atoms with Crippen molar-refractivity contribution in [2.75, 3.05) is 12.3 Å². The molecule has 124 valence electrons. The fourth-order valence-corrected chi connectivity index (χ4v) is 4.41. The van der Waals surface area contributed by atoms with E-state index in [1.165, 1.54) is 16.4 Å². The van der Waals surface area contributed by atoms with Crippen molar-refractivity contribution in [2.45, 2.75) is 38.1 Å². The summed E-state index contributed by atoms with van der Waals surface area (Å²) in [6, 6.07) is 3.81. The van der Waals surface area contributed by atoms with E-state index < -0.39 is 33.9 Å². The average Bonchev–Trinajstić information content (AvgIpc) is 2.81. The largest absolute Gasteiger partial charge is 0.416 e. The Morgan fingerprint density at radius 1 is 1.27 bits per heavy atom. The molecule has 2 rings (SSSR count). The van der Waals surface area contributed by atoms with Gasteiger partial charge >= 0.3 is 6.18 Å². The van der Waals surface area contributed by atoms with Crippen LogP contribution < -0.4 is 0 Å². The topological polar surface area (TPSA) is 57.6 Å². The molecule has 0 saturated carbocycles. The minimum Gasteiger partial charge on any atom is -0.392 e. The fraction of sp³-hybridized carbons (Fsp3) is 0.571. The molecule has 1 aliphatic heterocycles. The highest BCUT2D eigenvalue weighted by molar-refractivity contribution is 7.89. The maximum absolute atomic E-state index is 12.6. The first-order chi connectivity index (χ1) is 10.1. The van der Waals surface area contributed by atoms with E-state index in [1.54, 1.807) is 6.92 Å². The van der Waals surface area contributed by atoms with Crippen molar-refractivity contribution in [1.82, 2.24) is 4.31 Å². The summed E-state index contributed by atoms with van der Waals surface area (Å²) in [4.78, 5) is 0. The van der Waals surface area contributed by atoms with Gasteiger partial charge in [0.2, 0.25) is 10.0 Å². The Kier molecular flexibility index (Phi) is 4.84. The van der Waals surface area contributed by atoms with Crippen LogP contribution in [0.25, 0.3) is 0 Å². The quantitative estimate of drug-likeness (QED) is 0.919. The van der Waals surface area contributed by atoms with Gasteiger partial charge < -0.3 is 5.11 Å². The highest BCUT2D eigenvalue weighted by Gasteiger charge is 2.39. The van der Waals surface area contributed by atoms with Gasteiger partial charge in [-0.1, -0.05) is 19.1 Å². The zero-order valence-electron chi connectivity index (χ0n) is 12.0. The number of sulfonamides is 1. The van der Waals surface area contributed by atoms with E-state index in [-0.39, 0.29) is 18.7 Å². The van der Waals surface area contributed by atoms with Crippen LogP contribution in [-0.2, 0) is 16.2 Å². The molecular weight excluding hydrogens is 319 g/mol. The molecule has 0 radical (unpaired) electrons. The summed E-state index contributed by atoms with van der Waals surface area (Å²) in [7, 11) is -3.53. The molecule has 2 atom stereocenters. The van der Waals surface area contributed by atoms with E-state index in [0.717, 1.165) is 12.1 Å². The number of benzene rings is 1. The van der Waals surface area contributed by atoms with Gasteiger partial charge in [-0.05, 0) is 30.5 Å². The number of β-amino-alcohol motifs (C(OH)–C–C–N with tert-alkyl or cyclic N) is 1. The van der Waals surface area contributed by atoms with Crippen LogP contribution in [0.5, 0.6) is 0 Å². The number of hydrogen-bond acceptors (Lipinski definition) is 3. The van der Waals surface area contributed by atoms with Crippen molar-refractivity contribution in [2.24, 2.45) is 0 Å². The molecular formula is C14H18F3NO3S. The van der Waals surface area contributed by atoms with Crippen molar-refractivity contribution in [3.05, 3.63) is 35.4 Å². The van der Waals surface area contributed by atoms with Gasteiger partial charge in [0.05, 0.1) is 23.5 Å². The van der Waals surface area contributed by atoms with Crippen LogP contribution in [0.4, 0.5) is 13.2 Å². The number of hydrogen-bond donors (Lipinski definition) is 1. The summed E-state index contributed by atoms with van der Waals surface area (Å²) in [5.74, 6) is -0.0448. The van der Waals surface area contributed by atoms with E-state index >= 15 is 0 Å². The predicted molar refractivity (Wildman–Crippen MR) is 75.6 cm³/mol. The molecule has 1 heterocycles. The maximum atomic E-state index is 12.6. The van der Waals surface area contributed by atoms with Crippen LogP contribution in [0, 0.1) is 0 Å².